The van der Waals surface area contributed by atoms with Gasteiger partial charge in [0, 0.05) is 36.7 Å². The number of nitrogens with one attached hydrogen (secondary N) is 2. The van der Waals surface area contributed by atoms with Gasteiger partial charge in [-0.1, -0.05) is 37.1 Å². The highest BCUT2D eigenvalue weighted by atomic mass is 32.2. The van der Waals surface area contributed by atoms with Crippen molar-refractivity contribution in [3.63, 3.8) is 0 Å². The Hall–Kier alpha value is -4.31. The molecule has 6 rings (SSSR count). The lowest BCUT2D eigenvalue weighted by molar-refractivity contribution is -0.119. The number of fused-ring (bicyclic) bond motifs is 3. The van der Waals surface area contributed by atoms with Gasteiger partial charge in [0.2, 0.25) is 11.8 Å². The molecule has 10 heteroatoms. The quantitative estimate of drug-likeness (QED) is 0.194. The fourth-order valence-electron chi connectivity index (χ4n) is 5.61. The SMILES string of the molecule is CC(=O)Nc1cccc(-n2c(SCC(=O)NC3CCCCC3)nc3c4cc(-c5ccco5)ccc4n(C)c3c2=O)c1. The molecule has 1 saturated carbocycles. The van der Waals surface area contributed by atoms with Gasteiger partial charge in [-0.25, -0.2) is 4.98 Å². The molecule has 2 N–H and O–H groups in total. The summed E-state index contributed by atoms with van der Waals surface area (Å²) in [5, 5.41) is 7.15. The van der Waals surface area contributed by atoms with Gasteiger partial charge in [0.05, 0.1) is 23.2 Å². The minimum Gasteiger partial charge on any atom is -0.464 e. The molecule has 3 aromatic heterocycles. The maximum atomic E-state index is 14.2. The second-order valence-electron chi connectivity index (χ2n) is 10.4. The maximum Gasteiger partial charge on any atom is 0.283 e. The molecule has 1 aliphatic rings. The summed E-state index contributed by atoms with van der Waals surface area (Å²) in [6.07, 6.45) is 7.08. The largest absolute Gasteiger partial charge is 0.464 e. The number of hydrogen-bond donors (Lipinski definition) is 2. The topological polar surface area (TPSA) is 111 Å². The summed E-state index contributed by atoms with van der Waals surface area (Å²) in [5.41, 5.74) is 3.59. The molecule has 0 unspecified atom stereocenters. The van der Waals surface area contributed by atoms with E-state index in [1.54, 1.807) is 30.5 Å². The van der Waals surface area contributed by atoms with Crippen molar-refractivity contribution in [3.05, 3.63) is 71.2 Å². The van der Waals surface area contributed by atoms with E-state index in [-0.39, 0.29) is 29.2 Å². The number of thioether (sulfide) groups is 1. The van der Waals surface area contributed by atoms with Crippen LogP contribution in [0.3, 0.4) is 0 Å². The number of rotatable bonds is 7. The number of hydrogen-bond acceptors (Lipinski definition) is 6. The normalized spacial score (nSPS) is 14.0. The molecule has 0 radical (unpaired) electrons. The van der Waals surface area contributed by atoms with E-state index in [1.165, 1.54) is 29.7 Å². The molecule has 3 heterocycles. The predicted molar refractivity (Wildman–Crippen MR) is 162 cm³/mol. The van der Waals surface area contributed by atoms with E-state index in [0.717, 1.165) is 47.9 Å². The van der Waals surface area contributed by atoms with Crippen molar-refractivity contribution in [3.8, 4) is 17.0 Å². The monoisotopic (exact) mass is 569 g/mol. The van der Waals surface area contributed by atoms with Crippen LogP contribution < -0.4 is 16.2 Å². The molecule has 0 saturated heterocycles. The van der Waals surface area contributed by atoms with Crippen LogP contribution in [0, 0.1) is 0 Å². The first-order chi connectivity index (χ1) is 19.9. The Bertz CT molecular complexity index is 1820. The first-order valence-electron chi connectivity index (χ1n) is 13.8. The third-order valence-electron chi connectivity index (χ3n) is 7.51. The van der Waals surface area contributed by atoms with Gasteiger partial charge in [-0.15, -0.1) is 0 Å². The van der Waals surface area contributed by atoms with Crippen molar-refractivity contribution >= 4 is 51.2 Å². The van der Waals surface area contributed by atoms with E-state index in [1.807, 2.05) is 41.9 Å². The molecule has 5 aromatic rings. The number of amides is 2. The third kappa shape index (κ3) is 5.39. The van der Waals surface area contributed by atoms with Gasteiger partial charge in [0.25, 0.3) is 5.56 Å². The third-order valence-corrected chi connectivity index (χ3v) is 8.45. The van der Waals surface area contributed by atoms with Gasteiger partial charge in [-0.05, 0) is 61.4 Å². The van der Waals surface area contributed by atoms with E-state index in [0.29, 0.717) is 27.6 Å². The van der Waals surface area contributed by atoms with Crippen LogP contribution in [-0.2, 0) is 16.6 Å². The van der Waals surface area contributed by atoms with E-state index in [4.69, 9.17) is 9.40 Å². The summed E-state index contributed by atoms with van der Waals surface area (Å²) in [6.45, 7) is 1.44. The number of aromatic nitrogens is 3. The van der Waals surface area contributed by atoms with Crippen LogP contribution >= 0.6 is 11.8 Å². The summed E-state index contributed by atoms with van der Waals surface area (Å²) in [7, 11) is 1.85. The predicted octanol–water partition coefficient (Wildman–Crippen LogP) is 5.64. The van der Waals surface area contributed by atoms with Crippen LogP contribution in [0.1, 0.15) is 39.0 Å². The van der Waals surface area contributed by atoms with Crippen molar-refractivity contribution in [1.82, 2.24) is 19.4 Å². The van der Waals surface area contributed by atoms with Crippen LogP contribution in [-0.4, -0.2) is 37.7 Å². The Morgan fingerprint density at radius 1 is 1.07 bits per heavy atom. The Kier molecular flexibility index (Phi) is 7.40. The van der Waals surface area contributed by atoms with Crippen molar-refractivity contribution < 1.29 is 14.0 Å². The van der Waals surface area contributed by atoms with Gasteiger partial charge in [-0.3, -0.25) is 19.0 Å². The fraction of sp³-hybridized carbons (Fsp3) is 0.290. The molecule has 1 fully saturated rings. The zero-order valence-electron chi connectivity index (χ0n) is 23.0. The highest BCUT2D eigenvalue weighted by molar-refractivity contribution is 7.99. The van der Waals surface area contributed by atoms with Crippen LogP contribution in [0.25, 0.3) is 38.9 Å². The Labute approximate surface area is 240 Å². The second-order valence-corrected chi connectivity index (χ2v) is 11.4. The molecular weight excluding hydrogens is 538 g/mol. The molecule has 0 atom stereocenters. The van der Waals surface area contributed by atoms with E-state index in [2.05, 4.69) is 10.6 Å². The second kappa shape index (κ2) is 11.3. The zero-order chi connectivity index (χ0) is 28.5. The smallest absolute Gasteiger partial charge is 0.283 e. The van der Waals surface area contributed by atoms with Crippen molar-refractivity contribution in [2.45, 2.75) is 50.2 Å². The number of benzene rings is 2. The molecule has 0 aliphatic heterocycles. The number of aryl methyl sites for hydroxylation is 1. The van der Waals surface area contributed by atoms with Gasteiger partial charge in [0.15, 0.2) is 5.16 Å². The Morgan fingerprint density at radius 3 is 2.66 bits per heavy atom. The number of anilines is 1. The van der Waals surface area contributed by atoms with Gasteiger partial charge >= 0.3 is 0 Å². The summed E-state index contributed by atoms with van der Waals surface area (Å²) >= 11 is 1.23. The zero-order valence-corrected chi connectivity index (χ0v) is 23.8. The fourth-order valence-corrected chi connectivity index (χ4v) is 6.43. The summed E-state index contributed by atoms with van der Waals surface area (Å²) in [5.74, 6) is 0.564. The number of carbonyl (C=O) groups is 2. The Balaban J connectivity index is 1.47. The van der Waals surface area contributed by atoms with Gasteiger partial charge in [0.1, 0.15) is 16.8 Å². The van der Waals surface area contributed by atoms with Crippen LogP contribution in [0.5, 0.6) is 0 Å². The molecule has 0 bridgehead atoms. The highest BCUT2D eigenvalue weighted by Crippen LogP contribution is 2.32. The lowest BCUT2D eigenvalue weighted by Gasteiger charge is -2.22. The van der Waals surface area contributed by atoms with Crippen LogP contribution in [0.4, 0.5) is 5.69 Å². The van der Waals surface area contributed by atoms with Crippen LogP contribution in [0.15, 0.2) is 75.2 Å². The first kappa shape index (κ1) is 26.9. The summed E-state index contributed by atoms with van der Waals surface area (Å²) in [4.78, 5) is 43.9. The molecule has 2 amide bonds. The van der Waals surface area contributed by atoms with Gasteiger partial charge < -0.3 is 19.6 Å². The molecule has 1 aliphatic carbocycles. The maximum absolute atomic E-state index is 14.2. The molecule has 210 valence electrons. The average molecular weight is 570 g/mol. The summed E-state index contributed by atoms with van der Waals surface area (Å²) in [6, 6.07) is 16.9. The van der Waals surface area contributed by atoms with Crippen molar-refractivity contribution in [1.29, 1.82) is 0 Å². The van der Waals surface area contributed by atoms with Crippen molar-refractivity contribution in [2.24, 2.45) is 7.05 Å². The average Bonchev–Trinajstić information content (AvgIpc) is 3.59. The van der Waals surface area contributed by atoms with Crippen LogP contribution in [0.2, 0.25) is 0 Å². The van der Waals surface area contributed by atoms with E-state index >= 15 is 0 Å². The molecule has 9 nitrogen and oxygen atoms in total. The number of carbonyl (C=O) groups excluding carboxylic acids is 2. The lowest BCUT2D eigenvalue weighted by atomic mass is 9.95. The molecular formula is C31H31N5O4S. The first-order valence-corrected chi connectivity index (χ1v) is 14.8. The van der Waals surface area contributed by atoms with E-state index in [9.17, 15) is 14.4 Å². The number of nitrogens with zero attached hydrogens (tertiary/aromatic N) is 3. The molecule has 2 aromatic carbocycles. The minimum atomic E-state index is -0.261. The van der Waals surface area contributed by atoms with Crippen molar-refractivity contribution in [2.75, 3.05) is 11.1 Å². The lowest BCUT2D eigenvalue weighted by Crippen LogP contribution is -2.37. The Morgan fingerprint density at radius 2 is 1.90 bits per heavy atom. The van der Waals surface area contributed by atoms with Gasteiger partial charge in [-0.2, -0.15) is 0 Å². The number of furan rings is 1. The highest BCUT2D eigenvalue weighted by Gasteiger charge is 2.22. The standard InChI is InChI=1S/C31H31N5O4S/c1-19(37)32-22-10-6-11-23(17-22)36-30(39)29-28(34-31(36)41-18-27(38)33-21-8-4-3-5-9-21)24-16-20(26-12-7-15-40-26)13-14-25(24)35(29)2/h6-7,10-17,21H,3-5,8-9,18H2,1-2H3,(H,32,37)(H,33,38). The molecule has 0 spiro atoms. The van der Waals surface area contributed by atoms with E-state index < -0.39 is 0 Å². The summed E-state index contributed by atoms with van der Waals surface area (Å²) < 4.78 is 8.98. The minimum absolute atomic E-state index is 0.0761. The molecule has 41 heavy (non-hydrogen) atoms.